The fourth-order valence-electron chi connectivity index (χ4n) is 2.29. The number of halogens is 1. The van der Waals surface area contributed by atoms with Gasteiger partial charge in [0.15, 0.2) is 5.96 Å². The molecule has 1 heterocycles. The number of likely N-dealkylation sites (tertiary alicyclic amines) is 1. The molecule has 0 spiro atoms. The first-order valence-corrected chi connectivity index (χ1v) is 7.49. The Morgan fingerprint density at radius 2 is 1.84 bits per heavy atom. The maximum Gasteiger partial charge on any atom is 0.191 e. The average molecular weight is 381 g/mol. The largest absolute Gasteiger partial charge is 0.381 e. The van der Waals surface area contributed by atoms with Gasteiger partial charge in [0.25, 0.3) is 0 Å². The Morgan fingerprint density at radius 3 is 2.47 bits per heavy atom. The number of ether oxygens (including phenoxy) is 1. The van der Waals surface area contributed by atoms with Gasteiger partial charge < -0.3 is 15.4 Å². The summed E-state index contributed by atoms with van der Waals surface area (Å²) < 4.78 is 5.58. The molecule has 0 aromatic carbocycles. The SMILES string of the molecule is I.NC(=NCCCOCC1CC1)N1CCCCCC1. The molecule has 2 N–H and O–H groups in total. The van der Waals surface area contributed by atoms with E-state index in [9.17, 15) is 0 Å². The van der Waals surface area contributed by atoms with Crippen LogP contribution in [0.4, 0.5) is 0 Å². The van der Waals surface area contributed by atoms with Crippen molar-refractivity contribution in [3.05, 3.63) is 0 Å². The van der Waals surface area contributed by atoms with Gasteiger partial charge in [0.1, 0.15) is 0 Å². The maximum absolute atomic E-state index is 6.03. The summed E-state index contributed by atoms with van der Waals surface area (Å²) in [5.41, 5.74) is 6.03. The van der Waals surface area contributed by atoms with Crippen LogP contribution in [-0.2, 0) is 4.74 Å². The first-order chi connectivity index (χ1) is 8.86. The molecule has 2 fully saturated rings. The zero-order chi connectivity index (χ0) is 12.6. The second-order valence-corrected chi connectivity index (χ2v) is 5.51. The van der Waals surface area contributed by atoms with Crippen LogP contribution in [0.3, 0.4) is 0 Å². The minimum Gasteiger partial charge on any atom is -0.381 e. The molecule has 0 radical (unpaired) electrons. The van der Waals surface area contributed by atoms with Crippen molar-refractivity contribution in [2.24, 2.45) is 16.6 Å². The molecule has 0 bridgehead atoms. The van der Waals surface area contributed by atoms with Gasteiger partial charge in [-0.3, -0.25) is 4.99 Å². The van der Waals surface area contributed by atoms with Crippen molar-refractivity contribution >= 4 is 29.9 Å². The number of hydrogen-bond donors (Lipinski definition) is 1. The molecule has 4 nitrogen and oxygen atoms in total. The van der Waals surface area contributed by atoms with E-state index in [1.54, 1.807) is 0 Å². The van der Waals surface area contributed by atoms with Crippen molar-refractivity contribution in [2.75, 3.05) is 32.8 Å². The Morgan fingerprint density at radius 1 is 1.16 bits per heavy atom. The summed E-state index contributed by atoms with van der Waals surface area (Å²) >= 11 is 0. The van der Waals surface area contributed by atoms with E-state index in [2.05, 4.69) is 9.89 Å². The summed E-state index contributed by atoms with van der Waals surface area (Å²) in [6.07, 6.45) is 8.88. The van der Waals surface area contributed by atoms with Gasteiger partial charge in [0, 0.05) is 32.8 Å². The molecule has 1 saturated carbocycles. The van der Waals surface area contributed by atoms with Crippen LogP contribution < -0.4 is 5.73 Å². The van der Waals surface area contributed by atoms with E-state index in [-0.39, 0.29) is 24.0 Å². The zero-order valence-corrected chi connectivity index (χ0v) is 14.2. The van der Waals surface area contributed by atoms with Crippen LogP contribution in [0, 0.1) is 5.92 Å². The molecule has 2 aliphatic rings. The summed E-state index contributed by atoms with van der Waals surface area (Å²) in [6.45, 7) is 4.73. The number of hydrogen-bond acceptors (Lipinski definition) is 2. The van der Waals surface area contributed by atoms with Crippen LogP contribution >= 0.6 is 24.0 Å². The smallest absolute Gasteiger partial charge is 0.191 e. The predicted molar refractivity (Wildman–Crippen MR) is 90.1 cm³/mol. The quantitative estimate of drug-likeness (QED) is 0.333. The molecule has 1 saturated heterocycles. The fraction of sp³-hybridized carbons (Fsp3) is 0.929. The van der Waals surface area contributed by atoms with Gasteiger partial charge in [-0.05, 0) is 38.0 Å². The van der Waals surface area contributed by atoms with Crippen LogP contribution in [0.2, 0.25) is 0 Å². The van der Waals surface area contributed by atoms with Crippen LogP contribution in [0.1, 0.15) is 44.9 Å². The highest BCUT2D eigenvalue weighted by atomic mass is 127. The second kappa shape index (κ2) is 9.80. The van der Waals surface area contributed by atoms with Crippen molar-refractivity contribution in [3.63, 3.8) is 0 Å². The molecule has 112 valence electrons. The third-order valence-electron chi connectivity index (χ3n) is 3.70. The van der Waals surface area contributed by atoms with Crippen LogP contribution in [0.5, 0.6) is 0 Å². The third kappa shape index (κ3) is 7.34. The fourth-order valence-corrected chi connectivity index (χ4v) is 2.29. The Kier molecular flexibility index (Phi) is 8.77. The van der Waals surface area contributed by atoms with Crippen molar-refractivity contribution in [2.45, 2.75) is 44.9 Å². The lowest BCUT2D eigenvalue weighted by Crippen LogP contribution is -2.38. The normalized spacial score (nSPS) is 20.8. The first kappa shape index (κ1) is 17.0. The molecule has 0 amide bonds. The van der Waals surface area contributed by atoms with Gasteiger partial charge in [-0.25, -0.2) is 0 Å². The molecule has 0 atom stereocenters. The maximum atomic E-state index is 6.03. The zero-order valence-electron chi connectivity index (χ0n) is 11.9. The average Bonchev–Trinajstić information content (AvgIpc) is 3.19. The molecule has 2 rings (SSSR count). The molecule has 0 aromatic heterocycles. The van der Waals surface area contributed by atoms with Gasteiger partial charge in [-0.15, -0.1) is 24.0 Å². The summed E-state index contributed by atoms with van der Waals surface area (Å²) in [7, 11) is 0. The van der Waals surface area contributed by atoms with Crippen molar-refractivity contribution < 1.29 is 4.74 Å². The Hall–Kier alpha value is -0.0400. The summed E-state index contributed by atoms with van der Waals surface area (Å²) in [6, 6.07) is 0. The second-order valence-electron chi connectivity index (χ2n) is 5.51. The first-order valence-electron chi connectivity index (χ1n) is 7.49. The van der Waals surface area contributed by atoms with E-state index in [0.717, 1.165) is 51.1 Å². The monoisotopic (exact) mass is 381 g/mol. The van der Waals surface area contributed by atoms with E-state index in [1.165, 1.54) is 38.5 Å². The lowest BCUT2D eigenvalue weighted by molar-refractivity contribution is 0.123. The van der Waals surface area contributed by atoms with E-state index in [4.69, 9.17) is 10.5 Å². The van der Waals surface area contributed by atoms with E-state index in [0.29, 0.717) is 0 Å². The summed E-state index contributed by atoms with van der Waals surface area (Å²) in [4.78, 5) is 6.70. The van der Waals surface area contributed by atoms with Gasteiger partial charge >= 0.3 is 0 Å². The molecule has 19 heavy (non-hydrogen) atoms. The molecule has 5 heteroatoms. The molecule has 1 aliphatic carbocycles. The number of nitrogens with two attached hydrogens (primary N) is 1. The lowest BCUT2D eigenvalue weighted by atomic mass is 10.2. The van der Waals surface area contributed by atoms with Crippen LogP contribution in [0.25, 0.3) is 0 Å². The van der Waals surface area contributed by atoms with Crippen molar-refractivity contribution in [1.29, 1.82) is 0 Å². The number of rotatable bonds is 6. The van der Waals surface area contributed by atoms with Gasteiger partial charge in [0.05, 0.1) is 0 Å². The van der Waals surface area contributed by atoms with Crippen LogP contribution in [-0.4, -0.2) is 43.7 Å². The number of aliphatic imine (C=N–C) groups is 1. The lowest BCUT2D eigenvalue weighted by Gasteiger charge is -2.21. The third-order valence-corrected chi connectivity index (χ3v) is 3.70. The topological polar surface area (TPSA) is 50.9 Å². The number of nitrogens with zero attached hydrogens (tertiary/aromatic N) is 2. The summed E-state index contributed by atoms with van der Waals surface area (Å²) in [5.74, 6) is 1.59. The highest BCUT2D eigenvalue weighted by Gasteiger charge is 2.20. The molecular formula is C14H28IN3O. The highest BCUT2D eigenvalue weighted by molar-refractivity contribution is 14.0. The van der Waals surface area contributed by atoms with Crippen molar-refractivity contribution in [1.82, 2.24) is 4.90 Å². The van der Waals surface area contributed by atoms with E-state index >= 15 is 0 Å². The van der Waals surface area contributed by atoms with E-state index in [1.807, 2.05) is 0 Å². The van der Waals surface area contributed by atoms with Crippen molar-refractivity contribution in [3.8, 4) is 0 Å². The molecule has 1 aliphatic heterocycles. The number of guanidine groups is 1. The van der Waals surface area contributed by atoms with Gasteiger partial charge in [-0.1, -0.05) is 12.8 Å². The molecule has 0 aromatic rings. The predicted octanol–water partition coefficient (Wildman–Crippen LogP) is 2.61. The summed E-state index contributed by atoms with van der Waals surface area (Å²) in [5, 5.41) is 0. The van der Waals surface area contributed by atoms with Crippen LogP contribution in [0.15, 0.2) is 4.99 Å². The van der Waals surface area contributed by atoms with Gasteiger partial charge in [0.2, 0.25) is 0 Å². The Bertz CT molecular complexity index is 261. The molecule has 0 unspecified atom stereocenters. The minimum absolute atomic E-state index is 0. The standard InChI is InChI=1S/C14H27N3O.HI/c15-14(17-9-3-1-2-4-10-17)16-8-5-11-18-12-13-6-7-13;/h13H,1-12H2,(H2,15,16);1H. The Balaban J connectivity index is 0.00000180. The van der Waals surface area contributed by atoms with Gasteiger partial charge in [-0.2, -0.15) is 0 Å². The Labute approximate surface area is 134 Å². The molecular weight excluding hydrogens is 353 g/mol. The minimum atomic E-state index is 0. The highest BCUT2D eigenvalue weighted by Crippen LogP contribution is 2.28. The van der Waals surface area contributed by atoms with E-state index < -0.39 is 0 Å².